The number of fused-ring (bicyclic) bond motifs is 1. The van der Waals surface area contributed by atoms with E-state index in [1.807, 2.05) is 55.5 Å². The van der Waals surface area contributed by atoms with Gasteiger partial charge in [0, 0.05) is 26.2 Å². The van der Waals surface area contributed by atoms with Gasteiger partial charge in [-0.25, -0.2) is 0 Å². The first-order chi connectivity index (χ1) is 15.1. The van der Waals surface area contributed by atoms with Crippen LogP contribution in [0.5, 0.6) is 17.2 Å². The van der Waals surface area contributed by atoms with Gasteiger partial charge in [0.05, 0.1) is 19.3 Å². The Morgan fingerprint density at radius 2 is 2.00 bits per heavy atom. The van der Waals surface area contributed by atoms with Gasteiger partial charge in [-0.3, -0.25) is 9.79 Å². The summed E-state index contributed by atoms with van der Waals surface area (Å²) in [5.74, 6) is 2.93. The molecule has 0 saturated heterocycles. The molecule has 1 aliphatic heterocycles. The molecule has 166 valence electrons. The largest absolute Gasteiger partial charge is 0.497 e. The number of aliphatic imine (C=N–C) groups is 1. The third-order valence-electron chi connectivity index (χ3n) is 4.82. The first-order valence-electron chi connectivity index (χ1n) is 10.4. The molecule has 3 rings (SSSR count). The second-order valence-electron chi connectivity index (χ2n) is 7.14. The fourth-order valence-corrected chi connectivity index (χ4v) is 3.25. The van der Waals surface area contributed by atoms with Crippen LogP contribution in [-0.4, -0.2) is 58.4 Å². The molecule has 0 bridgehead atoms. The van der Waals surface area contributed by atoms with Gasteiger partial charge in [-0.15, -0.1) is 0 Å². The molecule has 1 amide bonds. The van der Waals surface area contributed by atoms with E-state index in [4.69, 9.17) is 14.2 Å². The molecule has 0 radical (unpaired) electrons. The van der Waals surface area contributed by atoms with Crippen LogP contribution in [0.2, 0.25) is 0 Å². The SMILES string of the molecule is CN=C(NCCCN1C(=O)COc2ccccc21)NCC(C)Oc1cccc(OC)c1. The molecule has 2 aromatic rings. The summed E-state index contributed by atoms with van der Waals surface area (Å²) in [5, 5.41) is 6.54. The number of carbonyl (C=O) groups excluding carboxylic acids is 1. The Morgan fingerprint density at radius 1 is 1.19 bits per heavy atom. The highest BCUT2D eigenvalue weighted by Gasteiger charge is 2.24. The van der Waals surface area contributed by atoms with E-state index in [9.17, 15) is 4.79 Å². The number of anilines is 1. The minimum atomic E-state index is -0.0619. The summed E-state index contributed by atoms with van der Waals surface area (Å²) in [7, 11) is 3.36. The summed E-state index contributed by atoms with van der Waals surface area (Å²) in [6.07, 6.45) is 0.713. The molecule has 2 N–H and O–H groups in total. The monoisotopic (exact) mass is 426 g/mol. The number of hydrogen-bond acceptors (Lipinski definition) is 5. The molecule has 8 nitrogen and oxygen atoms in total. The van der Waals surface area contributed by atoms with E-state index >= 15 is 0 Å². The lowest BCUT2D eigenvalue weighted by Gasteiger charge is -2.29. The molecule has 1 aliphatic rings. The molecule has 2 aromatic carbocycles. The van der Waals surface area contributed by atoms with Crippen LogP contribution in [0.4, 0.5) is 5.69 Å². The minimum absolute atomic E-state index is 0.0234. The molecule has 31 heavy (non-hydrogen) atoms. The van der Waals surface area contributed by atoms with Gasteiger partial charge < -0.3 is 29.7 Å². The summed E-state index contributed by atoms with van der Waals surface area (Å²) in [5.41, 5.74) is 0.824. The van der Waals surface area contributed by atoms with Crippen molar-refractivity contribution in [2.24, 2.45) is 4.99 Å². The zero-order chi connectivity index (χ0) is 22.1. The number of methoxy groups -OCH3 is 1. The lowest BCUT2D eigenvalue weighted by molar-refractivity contribution is -0.121. The van der Waals surface area contributed by atoms with Crippen molar-refractivity contribution in [1.29, 1.82) is 0 Å². The second kappa shape index (κ2) is 11.1. The Bertz CT molecular complexity index is 903. The third-order valence-corrected chi connectivity index (χ3v) is 4.82. The van der Waals surface area contributed by atoms with Crippen molar-refractivity contribution < 1.29 is 19.0 Å². The average molecular weight is 427 g/mol. The zero-order valence-electron chi connectivity index (χ0n) is 18.3. The lowest BCUT2D eigenvalue weighted by atomic mass is 10.2. The smallest absolute Gasteiger partial charge is 0.265 e. The van der Waals surface area contributed by atoms with Crippen LogP contribution in [0, 0.1) is 0 Å². The van der Waals surface area contributed by atoms with Crippen LogP contribution in [0.3, 0.4) is 0 Å². The first-order valence-corrected chi connectivity index (χ1v) is 10.4. The number of hydrogen-bond donors (Lipinski definition) is 2. The van der Waals surface area contributed by atoms with Gasteiger partial charge in [-0.2, -0.15) is 0 Å². The fraction of sp³-hybridized carbons (Fsp3) is 0.391. The summed E-state index contributed by atoms with van der Waals surface area (Å²) >= 11 is 0. The summed E-state index contributed by atoms with van der Waals surface area (Å²) in [6, 6.07) is 15.1. The van der Waals surface area contributed by atoms with E-state index in [0.717, 1.165) is 29.4 Å². The standard InChI is InChI=1S/C23H30N4O4/c1-17(31-19-9-6-8-18(14-19)29-3)15-26-23(24-2)25-12-7-13-27-20-10-4-5-11-21(20)30-16-22(27)28/h4-6,8-11,14,17H,7,12-13,15-16H2,1-3H3,(H2,24,25,26). The average Bonchev–Trinajstić information content (AvgIpc) is 2.79. The number of carbonyl (C=O) groups is 1. The second-order valence-corrected chi connectivity index (χ2v) is 7.14. The van der Waals surface area contributed by atoms with E-state index < -0.39 is 0 Å². The summed E-state index contributed by atoms with van der Waals surface area (Å²) in [6.45, 7) is 3.95. The van der Waals surface area contributed by atoms with E-state index in [1.165, 1.54) is 0 Å². The highest BCUT2D eigenvalue weighted by atomic mass is 16.5. The van der Waals surface area contributed by atoms with E-state index in [2.05, 4.69) is 15.6 Å². The number of para-hydroxylation sites is 2. The molecule has 0 saturated carbocycles. The lowest BCUT2D eigenvalue weighted by Crippen LogP contribution is -2.43. The van der Waals surface area contributed by atoms with Gasteiger partial charge in [0.25, 0.3) is 5.91 Å². The molecule has 0 aliphatic carbocycles. The maximum Gasteiger partial charge on any atom is 0.265 e. The van der Waals surface area contributed by atoms with Crippen molar-refractivity contribution in [3.8, 4) is 17.2 Å². The Labute approximate surface area is 183 Å². The predicted molar refractivity (Wildman–Crippen MR) is 121 cm³/mol. The number of nitrogens with zero attached hydrogens (tertiary/aromatic N) is 2. The molecule has 1 unspecified atom stereocenters. The maximum absolute atomic E-state index is 12.2. The van der Waals surface area contributed by atoms with Gasteiger partial charge in [0.2, 0.25) is 0 Å². The Hall–Kier alpha value is -3.42. The number of ether oxygens (including phenoxy) is 3. The van der Waals surface area contributed by atoms with Crippen molar-refractivity contribution >= 4 is 17.6 Å². The third kappa shape index (κ3) is 6.28. The van der Waals surface area contributed by atoms with Crippen LogP contribution in [-0.2, 0) is 4.79 Å². The van der Waals surface area contributed by atoms with E-state index in [1.54, 1.807) is 19.1 Å². The minimum Gasteiger partial charge on any atom is -0.497 e. The summed E-state index contributed by atoms with van der Waals surface area (Å²) in [4.78, 5) is 18.3. The van der Waals surface area contributed by atoms with Gasteiger partial charge in [0.1, 0.15) is 23.4 Å². The number of nitrogens with one attached hydrogen (secondary N) is 2. The Balaban J connectivity index is 1.40. The van der Waals surface area contributed by atoms with Gasteiger partial charge in [0.15, 0.2) is 12.6 Å². The van der Waals surface area contributed by atoms with E-state index in [0.29, 0.717) is 25.6 Å². The molecular formula is C23H30N4O4. The van der Waals surface area contributed by atoms with Crippen LogP contribution in [0.25, 0.3) is 0 Å². The normalized spacial score (nSPS) is 14.4. The predicted octanol–water partition coefficient (Wildman–Crippen LogP) is 2.44. The van der Waals surface area contributed by atoms with Crippen molar-refractivity contribution in [3.05, 3.63) is 48.5 Å². The van der Waals surface area contributed by atoms with Crippen molar-refractivity contribution in [3.63, 3.8) is 0 Å². The van der Waals surface area contributed by atoms with Crippen molar-refractivity contribution in [1.82, 2.24) is 10.6 Å². The maximum atomic E-state index is 12.2. The van der Waals surface area contributed by atoms with Crippen LogP contribution >= 0.6 is 0 Å². The highest BCUT2D eigenvalue weighted by Crippen LogP contribution is 2.31. The van der Waals surface area contributed by atoms with Crippen molar-refractivity contribution in [2.75, 3.05) is 45.3 Å². The topological polar surface area (TPSA) is 84.4 Å². The molecule has 1 atom stereocenters. The molecule has 0 spiro atoms. The van der Waals surface area contributed by atoms with Gasteiger partial charge in [-0.05, 0) is 37.6 Å². The van der Waals surface area contributed by atoms with Crippen LogP contribution < -0.4 is 29.7 Å². The molecule has 1 heterocycles. The van der Waals surface area contributed by atoms with Gasteiger partial charge in [-0.1, -0.05) is 18.2 Å². The molecular weight excluding hydrogens is 396 g/mol. The highest BCUT2D eigenvalue weighted by molar-refractivity contribution is 5.97. The Morgan fingerprint density at radius 3 is 2.81 bits per heavy atom. The molecule has 0 fully saturated rings. The number of rotatable bonds is 9. The van der Waals surface area contributed by atoms with Gasteiger partial charge >= 0.3 is 0 Å². The number of guanidine groups is 1. The fourth-order valence-electron chi connectivity index (χ4n) is 3.25. The first kappa shape index (κ1) is 22.3. The van der Waals surface area contributed by atoms with Crippen LogP contribution in [0.15, 0.2) is 53.5 Å². The molecule has 0 aromatic heterocycles. The molecule has 8 heteroatoms. The zero-order valence-corrected chi connectivity index (χ0v) is 18.3. The number of amides is 1. The van der Waals surface area contributed by atoms with Crippen LogP contribution in [0.1, 0.15) is 13.3 Å². The quantitative estimate of drug-likeness (QED) is 0.364. The number of benzene rings is 2. The van der Waals surface area contributed by atoms with E-state index in [-0.39, 0.29) is 18.6 Å². The van der Waals surface area contributed by atoms with Crippen molar-refractivity contribution in [2.45, 2.75) is 19.4 Å². The Kier molecular flexibility index (Phi) is 7.98. The summed E-state index contributed by atoms with van der Waals surface area (Å²) < 4.78 is 16.6.